The molecule has 0 aliphatic carbocycles. The number of hydrogen-bond acceptors (Lipinski definition) is 3. The summed E-state index contributed by atoms with van der Waals surface area (Å²) in [5.74, 6) is 0. The van der Waals surface area contributed by atoms with E-state index in [1.807, 2.05) is 0 Å². The third-order valence-corrected chi connectivity index (χ3v) is 3.89. The van der Waals surface area contributed by atoms with E-state index in [4.69, 9.17) is 5.73 Å². The molecule has 0 atom stereocenters. The van der Waals surface area contributed by atoms with Crippen LogP contribution in [0.25, 0.3) is 0 Å². The summed E-state index contributed by atoms with van der Waals surface area (Å²) in [6.45, 7) is 4.35. The second kappa shape index (κ2) is 4.31. The fraction of sp³-hybridized carbons (Fsp3) is 0.571. The molecule has 1 aromatic carbocycles. The average molecular weight is 231 g/mol. The maximum atomic E-state index is 5.80. The molecule has 0 saturated carbocycles. The van der Waals surface area contributed by atoms with Gasteiger partial charge in [-0.05, 0) is 30.0 Å². The molecule has 17 heavy (non-hydrogen) atoms. The van der Waals surface area contributed by atoms with Crippen molar-refractivity contribution >= 4 is 5.69 Å². The van der Waals surface area contributed by atoms with Crippen molar-refractivity contribution in [3.05, 3.63) is 29.3 Å². The first-order valence-corrected chi connectivity index (χ1v) is 6.53. The molecule has 92 valence electrons. The minimum atomic E-state index is 0.402. The van der Waals surface area contributed by atoms with E-state index < -0.39 is 0 Å². The van der Waals surface area contributed by atoms with Crippen LogP contribution in [0, 0.1) is 0 Å². The number of anilines is 1. The smallest absolute Gasteiger partial charge is 0.0396 e. The summed E-state index contributed by atoms with van der Waals surface area (Å²) in [5.41, 5.74) is 10.2. The van der Waals surface area contributed by atoms with Crippen LogP contribution in [-0.2, 0) is 13.0 Å². The van der Waals surface area contributed by atoms with Gasteiger partial charge in [0.1, 0.15) is 0 Å². The van der Waals surface area contributed by atoms with Gasteiger partial charge in [0.25, 0.3) is 0 Å². The molecule has 1 saturated heterocycles. The quantitative estimate of drug-likeness (QED) is 0.830. The van der Waals surface area contributed by atoms with Crippen molar-refractivity contribution in [2.24, 2.45) is 5.73 Å². The van der Waals surface area contributed by atoms with Gasteiger partial charge in [0.15, 0.2) is 0 Å². The van der Waals surface area contributed by atoms with Gasteiger partial charge in [-0.1, -0.05) is 12.1 Å². The van der Waals surface area contributed by atoms with Crippen LogP contribution < -0.4 is 10.6 Å². The van der Waals surface area contributed by atoms with Gasteiger partial charge in [-0.15, -0.1) is 0 Å². The number of likely N-dealkylation sites (tertiary alicyclic amines) is 1. The number of nitrogens with two attached hydrogens (primary N) is 1. The Morgan fingerprint density at radius 2 is 2.18 bits per heavy atom. The highest BCUT2D eigenvalue weighted by molar-refractivity contribution is 5.56. The monoisotopic (exact) mass is 231 g/mol. The Labute approximate surface area is 103 Å². The van der Waals surface area contributed by atoms with Crippen molar-refractivity contribution in [3.8, 4) is 0 Å². The molecule has 2 N–H and O–H groups in total. The third kappa shape index (κ3) is 2.17. The Hall–Kier alpha value is -1.06. The lowest BCUT2D eigenvalue weighted by atomic mass is 9.99. The number of nitrogens with zero attached hydrogens (tertiary/aromatic N) is 2. The Morgan fingerprint density at radius 3 is 2.94 bits per heavy atom. The normalized spacial score (nSPS) is 21.2. The molecule has 0 bridgehead atoms. The van der Waals surface area contributed by atoms with Crippen LogP contribution in [0.15, 0.2) is 18.2 Å². The standard InChI is InChI=1S/C14H21N3/c1-16-6-2-3-12-7-11(4-5-14(12)16)8-17-9-13(15)10-17/h4-5,7,13H,2-3,6,8-10,15H2,1H3. The largest absolute Gasteiger partial charge is 0.374 e. The predicted octanol–water partition coefficient (Wildman–Crippen LogP) is 1.21. The molecule has 2 aliphatic rings. The van der Waals surface area contributed by atoms with Crippen molar-refractivity contribution < 1.29 is 0 Å². The van der Waals surface area contributed by atoms with Crippen molar-refractivity contribution in [1.29, 1.82) is 0 Å². The maximum Gasteiger partial charge on any atom is 0.0396 e. The predicted molar refractivity (Wildman–Crippen MR) is 71.3 cm³/mol. The van der Waals surface area contributed by atoms with Crippen LogP contribution in [0.4, 0.5) is 5.69 Å². The van der Waals surface area contributed by atoms with Gasteiger partial charge >= 0.3 is 0 Å². The number of benzene rings is 1. The summed E-state index contributed by atoms with van der Waals surface area (Å²) < 4.78 is 0. The first-order valence-electron chi connectivity index (χ1n) is 6.53. The van der Waals surface area contributed by atoms with Gasteiger partial charge in [-0.3, -0.25) is 4.90 Å². The zero-order chi connectivity index (χ0) is 11.8. The van der Waals surface area contributed by atoms with E-state index in [-0.39, 0.29) is 0 Å². The number of fused-ring (bicyclic) bond motifs is 1. The second-order valence-electron chi connectivity index (χ2n) is 5.44. The zero-order valence-electron chi connectivity index (χ0n) is 10.5. The molecule has 1 fully saturated rings. The van der Waals surface area contributed by atoms with E-state index in [1.165, 1.54) is 36.2 Å². The van der Waals surface area contributed by atoms with E-state index in [9.17, 15) is 0 Å². The molecule has 0 aromatic heterocycles. The van der Waals surface area contributed by atoms with Gasteiger partial charge in [0, 0.05) is 45.0 Å². The molecule has 2 heterocycles. The average Bonchev–Trinajstić information content (AvgIpc) is 2.27. The van der Waals surface area contributed by atoms with Crippen molar-refractivity contribution in [3.63, 3.8) is 0 Å². The lowest BCUT2D eigenvalue weighted by molar-refractivity contribution is 0.142. The molecule has 3 nitrogen and oxygen atoms in total. The first-order chi connectivity index (χ1) is 8.22. The molecule has 0 amide bonds. The fourth-order valence-corrected chi connectivity index (χ4v) is 2.93. The van der Waals surface area contributed by atoms with Gasteiger partial charge in [0.2, 0.25) is 0 Å². The van der Waals surface area contributed by atoms with Crippen molar-refractivity contribution in [2.45, 2.75) is 25.4 Å². The molecule has 3 heteroatoms. The summed E-state index contributed by atoms with van der Waals surface area (Å²) >= 11 is 0. The molecular formula is C14H21N3. The van der Waals surface area contributed by atoms with E-state index in [1.54, 1.807) is 0 Å². The molecule has 2 aliphatic heterocycles. The third-order valence-electron chi connectivity index (χ3n) is 3.89. The Kier molecular flexibility index (Phi) is 2.81. The first kappa shape index (κ1) is 11.1. The van der Waals surface area contributed by atoms with E-state index in [0.717, 1.165) is 19.6 Å². The topological polar surface area (TPSA) is 32.5 Å². The summed E-state index contributed by atoms with van der Waals surface area (Å²) in [6, 6.07) is 7.34. The Bertz CT molecular complexity index is 410. The number of aryl methyl sites for hydroxylation is 1. The van der Waals surface area contributed by atoms with Crippen LogP contribution in [-0.4, -0.2) is 37.6 Å². The van der Waals surface area contributed by atoms with Crippen LogP contribution >= 0.6 is 0 Å². The van der Waals surface area contributed by atoms with Crippen molar-refractivity contribution in [2.75, 3.05) is 31.6 Å². The van der Waals surface area contributed by atoms with Crippen LogP contribution in [0.5, 0.6) is 0 Å². The van der Waals surface area contributed by atoms with Gasteiger partial charge in [-0.2, -0.15) is 0 Å². The van der Waals surface area contributed by atoms with Gasteiger partial charge in [-0.25, -0.2) is 0 Å². The second-order valence-corrected chi connectivity index (χ2v) is 5.44. The molecule has 0 spiro atoms. The SMILES string of the molecule is CN1CCCc2cc(CN3CC(N)C3)ccc21. The number of hydrogen-bond donors (Lipinski definition) is 1. The highest BCUT2D eigenvalue weighted by Gasteiger charge is 2.23. The summed E-state index contributed by atoms with van der Waals surface area (Å²) in [7, 11) is 2.19. The molecule has 1 aromatic rings. The molecular weight excluding hydrogens is 210 g/mol. The highest BCUT2D eigenvalue weighted by atomic mass is 15.2. The van der Waals surface area contributed by atoms with Crippen LogP contribution in [0.3, 0.4) is 0 Å². The lowest BCUT2D eigenvalue weighted by Crippen LogP contribution is -2.54. The molecule has 3 rings (SSSR count). The number of rotatable bonds is 2. The summed E-state index contributed by atoms with van der Waals surface area (Å²) in [6.07, 6.45) is 2.51. The molecule has 0 radical (unpaired) electrons. The fourth-order valence-electron chi connectivity index (χ4n) is 2.93. The minimum absolute atomic E-state index is 0.402. The summed E-state index contributed by atoms with van der Waals surface area (Å²) in [4.78, 5) is 4.78. The molecule has 0 unspecified atom stereocenters. The van der Waals surface area contributed by atoms with Crippen LogP contribution in [0.1, 0.15) is 17.5 Å². The Balaban J connectivity index is 1.74. The van der Waals surface area contributed by atoms with Gasteiger partial charge in [0.05, 0.1) is 0 Å². The van der Waals surface area contributed by atoms with E-state index in [2.05, 4.69) is 35.0 Å². The van der Waals surface area contributed by atoms with E-state index >= 15 is 0 Å². The summed E-state index contributed by atoms with van der Waals surface area (Å²) in [5, 5.41) is 0. The van der Waals surface area contributed by atoms with E-state index in [0.29, 0.717) is 6.04 Å². The Morgan fingerprint density at radius 1 is 1.35 bits per heavy atom. The van der Waals surface area contributed by atoms with Gasteiger partial charge < -0.3 is 10.6 Å². The minimum Gasteiger partial charge on any atom is -0.374 e. The highest BCUT2D eigenvalue weighted by Crippen LogP contribution is 2.27. The lowest BCUT2D eigenvalue weighted by Gasteiger charge is -2.37. The zero-order valence-corrected chi connectivity index (χ0v) is 10.5. The van der Waals surface area contributed by atoms with Crippen LogP contribution in [0.2, 0.25) is 0 Å². The maximum absolute atomic E-state index is 5.80. The van der Waals surface area contributed by atoms with Crippen molar-refractivity contribution in [1.82, 2.24) is 4.90 Å².